The SMILES string of the molecule is CCCCc1cccc(-c2cccc(-c3nc(-c4ccccc4)nc(-n4c5ccccc5c5cc6c(cc54)c4ccccc4n6-c4ccc(-c5ccccc5)cc4)n3)c2)c1. The standard InChI is InChI=1S/C55H41N5/c1-2-3-16-37-17-14-22-41(33-37)42-23-15-24-43(34-42)54-56-53(40-20-8-5-9-21-40)57-55(58-54)60-50-28-13-11-26-46(50)48-35-51-47(36-52(48)60)45-25-10-12-27-49(45)59(51)44-31-29-39(30-32-44)38-18-6-4-7-19-38/h4-15,17-36H,2-3,16H2,1H3. The number of para-hydroxylation sites is 2. The molecule has 0 radical (unpaired) electrons. The molecule has 11 rings (SSSR count). The van der Waals surface area contributed by atoms with Gasteiger partial charge < -0.3 is 4.57 Å². The summed E-state index contributed by atoms with van der Waals surface area (Å²) in [4.78, 5) is 15.7. The van der Waals surface area contributed by atoms with Gasteiger partial charge in [-0.2, -0.15) is 9.97 Å². The van der Waals surface area contributed by atoms with Crippen molar-refractivity contribution in [3.63, 3.8) is 0 Å². The van der Waals surface area contributed by atoms with E-state index in [1.807, 2.05) is 18.2 Å². The zero-order valence-electron chi connectivity index (χ0n) is 33.3. The van der Waals surface area contributed by atoms with E-state index in [1.54, 1.807) is 0 Å². The predicted molar refractivity (Wildman–Crippen MR) is 249 cm³/mol. The van der Waals surface area contributed by atoms with Crippen molar-refractivity contribution in [1.29, 1.82) is 0 Å². The maximum absolute atomic E-state index is 5.33. The zero-order chi connectivity index (χ0) is 40.0. The number of aryl methyl sites for hydroxylation is 1. The number of hydrogen-bond donors (Lipinski definition) is 0. The molecular formula is C55H41N5. The summed E-state index contributed by atoms with van der Waals surface area (Å²) >= 11 is 0. The van der Waals surface area contributed by atoms with Crippen molar-refractivity contribution >= 4 is 43.6 Å². The third-order valence-electron chi connectivity index (χ3n) is 11.8. The fourth-order valence-corrected chi connectivity index (χ4v) is 8.79. The summed E-state index contributed by atoms with van der Waals surface area (Å²) in [5.74, 6) is 1.84. The Morgan fingerprint density at radius 2 is 0.883 bits per heavy atom. The smallest absolute Gasteiger partial charge is 0.238 e. The van der Waals surface area contributed by atoms with E-state index in [0.29, 0.717) is 17.6 Å². The number of unbranched alkanes of at least 4 members (excludes halogenated alkanes) is 1. The molecule has 0 unspecified atom stereocenters. The summed E-state index contributed by atoms with van der Waals surface area (Å²) in [6.07, 6.45) is 3.43. The summed E-state index contributed by atoms with van der Waals surface area (Å²) in [7, 11) is 0. The van der Waals surface area contributed by atoms with Gasteiger partial charge in [0.15, 0.2) is 11.6 Å². The lowest BCUT2D eigenvalue weighted by molar-refractivity contribution is 0.795. The Morgan fingerprint density at radius 3 is 1.57 bits per heavy atom. The van der Waals surface area contributed by atoms with E-state index in [2.05, 4.69) is 192 Å². The van der Waals surface area contributed by atoms with E-state index >= 15 is 0 Å². The van der Waals surface area contributed by atoms with Crippen molar-refractivity contribution < 1.29 is 0 Å². The Balaban J connectivity index is 1.12. The van der Waals surface area contributed by atoms with E-state index in [9.17, 15) is 0 Å². The highest BCUT2D eigenvalue weighted by molar-refractivity contribution is 6.19. The fraction of sp³-hybridized carbons (Fsp3) is 0.0727. The van der Waals surface area contributed by atoms with Gasteiger partial charge in [-0.25, -0.2) is 4.98 Å². The van der Waals surface area contributed by atoms with E-state index < -0.39 is 0 Å². The van der Waals surface area contributed by atoms with Crippen LogP contribution < -0.4 is 0 Å². The van der Waals surface area contributed by atoms with Crippen LogP contribution in [-0.4, -0.2) is 24.1 Å². The van der Waals surface area contributed by atoms with Crippen LogP contribution in [0.2, 0.25) is 0 Å². The Labute approximate surface area is 348 Å². The molecule has 0 fully saturated rings. The molecule has 0 amide bonds. The average molecular weight is 772 g/mol. The molecule has 0 atom stereocenters. The van der Waals surface area contributed by atoms with Crippen LogP contribution in [0.1, 0.15) is 25.3 Å². The monoisotopic (exact) mass is 771 g/mol. The molecule has 8 aromatic carbocycles. The third kappa shape index (κ3) is 6.23. The quantitative estimate of drug-likeness (QED) is 0.147. The maximum Gasteiger partial charge on any atom is 0.238 e. The molecule has 3 aromatic heterocycles. The molecule has 0 bridgehead atoms. The number of benzene rings is 8. The summed E-state index contributed by atoms with van der Waals surface area (Å²) in [5.41, 5.74) is 13.5. The lowest BCUT2D eigenvalue weighted by Crippen LogP contribution is -2.06. The van der Waals surface area contributed by atoms with Gasteiger partial charge in [-0.3, -0.25) is 4.57 Å². The van der Waals surface area contributed by atoms with Crippen LogP contribution in [0.25, 0.3) is 100 Å². The summed E-state index contributed by atoms with van der Waals surface area (Å²) in [6.45, 7) is 2.24. The van der Waals surface area contributed by atoms with Gasteiger partial charge in [-0.05, 0) is 83.1 Å². The normalized spacial score (nSPS) is 11.6. The molecule has 11 aromatic rings. The first-order valence-corrected chi connectivity index (χ1v) is 20.8. The Bertz CT molecular complexity index is 3340. The molecule has 0 aliphatic carbocycles. The van der Waals surface area contributed by atoms with E-state index in [-0.39, 0.29) is 0 Å². The van der Waals surface area contributed by atoms with Crippen LogP contribution in [0.15, 0.2) is 194 Å². The van der Waals surface area contributed by atoms with Crippen molar-refractivity contribution in [2.24, 2.45) is 0 Å². The van der Waals surface area contributed by atoms with Gasteiger partial charge in [0.25, 0.3) is 0 Å². The number of hydrogen-bond acceptors (Lipinski definition) is 3. The van der Waals surface area contributed by atoms with Crippen molar-refractivity contribution in [3.8, 4) is 56.7 Å². The van der Waals surface area contributed by atoms with Gasteiger partial charge in [-0.15, -0.1) is 0 Å². The van der Waals surface area contributed by atoms with Gasteiger partial charge in [0.2, 0.25) is 5.95 Å². The zero-order valence-corrected chi connectivity index (χ0v) is 33.3. The van der Waals surface area contributed by atoms with Crippen molar-refractivity contribution in [2.45, 2.75) is 26.2 Å². The number of fused-ring (bicyclic) bond motifs is 6. The maximum atomic E-state index is 5.33. The first kappa shape index (κ1) is 35.5. The summed E-state index contributed by atoms with van der Waals surface area (Å²) < 4.78 is 4.62. The van der Waals surface area contributed by atoms with E-state index in [1.165, 1.54) is 45.9 Å². The molecule has 3 heterocycles. The fourth-order valence-electron chi connectivity index (χ4n) is 8.79. The summed E-state index contributed by atoms with van der Waals surface area (Å²) in [5, 5.41) is 4.63. The molecule has 0 saturated carbocycles. The molecule has 0 spiro atoms. The van der Waals surface area contributed by atoms with Crippen molar-refractivity contribution in [2.75, 3.05) is 0 Å². The molecule has 0 aliphatic heterocycles. The second-order valence-corrected chi connectivity index (χ2v) is 15.5. The van der Waals surface area contributed by atoms with Crippen LogP contribution in [0.5, 0.6) is 0 Å². The molecule has 0 N–H and O–H groups in total. The highest BCUT2D eigenvalue weighted by Gasteiger charge is 2.21. The largest absolute Gasteiger partial charge is 0.309 e. The minimum Gasteiger partial charge on any atom is -0.309 e. The van der Waals surface area contributed by atoms with Gasteiger partial charge >= 0.3 is 0 Å². The van der Waals surface area contributed by atoms with E-state index in [4.69, 9.17) is 15.0 Å². The predicted octanol–water partition coefficient (Wildman–Crippen LogP) is 14.1. The highest BCUT2D eigenvalue weighted by atomic mass is 15.2. The Morgan fingerprint density at radius 1 is 0.367 bits per heavy atom. The number of nitrogens with zero attached hydrogens (tertiary/aromatic N) is 5. The third-order valence-corrected chi connectivity index (χ3v) is 11.8. The van der Waals surface area contributed by atoms with Crippen LogP contribution in [-0.2, 0) is 6.42 Å². The second-order valence-electron chi connectivity index (χ2n) is 15.5. The number of rotatable bonds is 9. The highest BCUT2D eigenvalue weighted by Crippen LogP contribution is 2.40. The molecule has 0 saturated heterocycles. The number of aromatic nitrogens is 5. The second kappa shape index (κ2) is 14.9. The molecule has 5 heteroatoms. The minimum atomic E-state index is 0.580. The van der Waals surface area contributed by atoms with Gasteiger partial charge in [0, 0.05) is 38.4 Å². The van der Waals surface area contributed by atoms with Gasteiger partial charge in [0.05, 0.1) is 22.1 Å². The Kier molecular flexibility index (Phi) is 8.85. The lowest BCUT2D eigenvalue weighted by Gasteiger charge is -2.12. The van der Waals surface area contributed by atoms with Gasteiger partial charge in [0.1, 0.15) is 0 Å². The molecule has 60 heavy (non-hydrogen) atoms. The molecule has 0 aliphatic rings. The van der Waals surface area contributed by atoms with Crippen molar-refractivity contribution in [1.82, 2.24) is 24.1 Å². The Hall–Kier alpha value is -7.63. The molecule has 5 nitrogen and oxygen atoms in total. The molecule has 286 valence electrons. The van der Waals surface area contributed by atoms with Crippen molar-refractivity contribution in [3.05, 3.63) is 200 Å². The molecular weight excluding hydrogens is 731 g/mol. The lowest BCUT2D eigenvalue weighted by atomic mass is 9.99. The van der Waals surface area contributed by atoms with Crippen LogP contribution >= 0.6 is 0 Å². The average Bonchev–Trinajstić information content (AvgIpc) is 3.82. The summed E-state index contributed by atoms with van der Waals surface area (Å²) in [6, 6.07) is 69.2. The van der Waals surface area contributed by atoms with Crippen LogP contribution in [0, 0.1) is 0 Å². The first-order valence-electron chi connectivity index (χ1n) is 20.8. The van der Waals surface area contributed by atoms with Gasteiger partial charge in [-0.1, -0.05) is 165 Å². The van der Waals surface area contributed by atoms with E-state index in [0.717, 1.165) is 61.6 Å². The minimum absolute atomic E-state index is 0.580. The van der Waals surface area contributed by atoms with Crippen LogP contribution in [0.4, 0.5) is 0 Å². The first-order chi connectivity index (χ1) is 29.7. The van der Waals surface area contributed by atoms with Crippen LogP contribution in [0.3, 0.4) is 0 Å². The topological polar surface area (TPSA) is 48.5 Å².